The van der Waals surface area contributed by atoms with E-state index < -0.39 is 11.2 Å². The first-order valence-corrected chi connectivity index (χ1v) is 5.16. The Labute approximate surface area is 103 Å². The first-order valence-electron chi connectivity index (χ1n) is 5.16. The zero-order chi connectivity index (χ0) is 13.5. The van der Waals surface area contributed by atoms with Crippen LogP contribution in [0, 0.1) is 10.1 Å². The number of benzene rings is 1. The summed E-state index contributed by atoms with van der Waals surface area (Å²) in [4.78, 5) is 10.2. The second-order valence-corrected chi connectivity index (χ2v) is 3.38. The molecule has 0 aromatic heterocycles. The Kier molecular flexibility index (Phi) is 5.31. The number of nitro groups is 1. The third-order valence-corrected chi connectivity index (χ3v) is 1.99. The number of aliphatic hydroxyl groups excluding tert-OH is 2. The molecule has 0 spiro atoms. The molecule has 1 aromatic rings. The van der Waals surface area contributed by atoms with E-state index in [2.05, 4.69) is 5.32 Å². The molecule has 4 N–H and O–H groups in total. The number of rotatable bonds is 7. The van der Waals surface area contributed by atoms with Gasteiger partial charge in [-0.05, 0) is 12.1 Å². The molecule has 0 amide bonds. The largest absolute Gasteiger partial charge is 0.488 e. The van der Waals surface area contributed by atoms with Crippen LogP contribution in [-0.4, -0.2) is 46.3 Å². The van der Waals surface area contributed by atoms with E-state index in [1.165, 1.54) is 18.2 Å². The average molecular weight is 258 g/mol. The summed E-state index contributed by atoms with van der Waals surface area (Å²) in [5, 5.41) is 39.4. The van der Waals surface area contributed by atoms with Gasteiger partial charge in [-0.25, -0.2) is 0 Å². The van der Waals surface area contributed by atoms with E-state index in [1.54, 1.807) is 0 Å². The van der Waals surface area contributed by atoms with Crippen LogP contribution < -0.4 is 10.1 Å². The van der Waals surface area contributed by atoms with Gasteiger partial charge in [-0.3, -0.25) is 10.1 Å². The van der Waals surface area contributed by atoms with Crippen molar-refractivity contribution >= 4 is 11.4 Å². The lowest BCUT2D eigenvalue weighted by Crippen LogP contribution is -2.16. The highest BCUT2D eigenvalue weighted by Gasteiger charge is 2.15. The predicted molar refractivity (Wildman–Crippen MR) is 62.4 cm³/mol. The van der Waals surface area contributed by atoms with Crippen LogP contribution in [0.4, 0.5) is 11.4 Å². The Hall–Kier alpha value is -1.90. The molecule has 100 valence electrons. The monoisotopic (exact) mass is 258 g/mol. The van der Waals surface area contributed by atoms with Crippen molar-refractivity contribution in [2.24, 2.45) is 0 Å². The summed E-state index contributed by atoms with van der Waals surface area (Å²) in [6.45, 7) is -0.330. The zero-order valence-corrected chi connectivity index (χ0v) is 9.44. The minimum atomic E-state index is -1.64. The maximum absolute atomic E-state index is 10.8. The minimum absolute atomic E-state index is 0.147. The van der Waals surface area contributed by atoms with E-state index in [4.69, 9.17) is 20.1 Å². The van der Waals surface area contributed by atoms with Crippen LogP contribution in [0.5, 0.6) is 5.75 Å². The molecule has 0 heterocycles. The topological polar surface area (TPSA) is 125 Å². The second-order valence-electron chi connectivity index (χ2n) is 3.38. The van der Waals surface area contributed by atoms with Gasteiger partial charge in [-0.15, -0.1) is 0 Å². The smallest absolute Gasteiger partial charge is 0.296 e. The van der Waals surface area contributed by atoms with Crippen molar-refractivity contribution in [2.75, 3.05) is 25.1 Å². The lowest BCUT2D eigenvalue weighted by Gasteiger charge is -2.09. The Morgan fingerprint density at radius 2 is 2.17 bits per heavy atom. The highest BCUT2D eigenvalue weighted by molar-refractivity contribution is 5.63. The second kappa shape index (κ2) is 6.74. The zero-order valence-electron chi connectivity index (χ0n) is 9.44. The maximum atomic E-state index is 10.8. The van der Waals surface area contributed by atoms with E-state index >= 15 is 0 Å². The molecule has 0 saturated carbocycles. The van der Waals surface area contributed by atoms with Crippen molar-refractivity contribution < 1.29 is 25.0 Å². The molecule has 8 nitrogen and oxygen atoms in total. The number of aliphatic hydroxyl groups is 3. The standard InChI is InChI=1S/C10H14N2O6/c13-4-3-11-8-2-1-7(18-6-10(14)15)5-9(8)12(16)17/h1-2,5,10-11,13-15H,3-4,6H2. The summed E-state index contributed by atoms with van der Waals surface area (Å²) < 4.78 is 4.94. The lowest BCUT2D eigenvalue weighted by molar-refractivity contribution is -0.384. The van der Waals surface area contributed by atoms with Crippen molar-refractivity contribution in [2.45, 2.75) is 6.29 Å². The van der Waals surface area contributed by atoms with E-state index in [0.29, 0.717) is 0 Å². The Balaban J connectivity index is 2.85. The van der Waals surface area contributed by atoms with Gasteiger partial charge in [0.2, 0.25) is 0 Å². The molecule has 18 heavy (non-hydrogen) atoms. The van der Waals surface area contributed by atoms with Crippen LogP contribution in [0.2, 0.25) is 0 Å². The average Bonchev–Trinajstić information content (AvgIpc) is 2.34. The number of nitrogens with zero attached hydrogens (tertiary/aromatic N) is 1. The predicted octanol–water partition coefficient (Wildman–Crippen LogP) is -0.312. The van der Waals surface area contributed by atoms with Gasteiger partial charge < -0.3 is 25.4 Å². The molecule has 0 aliphatic rings. The molecular weight excluding hydrogens is 244 g/mol. The number of nitro benzene ring substituents is 1. The van der Waals surface area contributed by atoms with E-state index in [-0.39, 0.29) is 36.9 Å². The summed E-state index contributed by atoms with van der Waals surface area (Å²) in [6.07, 6.45) is -1.64. The fourth-order valence-electron chi connectivity index (χ4n) is 1.26. The first-order chi connectivity index (χ1) is 8.54. The normalized spacial score (nSPS) is 10.4. The number of anilines is 1. The number of hydrogen-bond donors (Lipinski definition) is 4. The van der Waals surface area contributed by atoms with Gasteiger partial charge in [0.25, 0.3) is 5.69 Å². The summed E-state index contributed by atoms with van der Waals surface area (Å²) >= 11 is 0. The highest BCUT2D eigenvalue weighted by atomic mass is 16.6. The summed E-state index contributed by atoms with van der Waals surface area (Å²) in [7, 11) is 0. The lowest BCUT2D eigenvalue weighted by atomic mass is 10.2. The van der Waals surface area contributed by atoms with Crippen molar-refractivity contribution in [1.82, 2.24) is 0 Å². The van der Waals surface area contributed by atoms with Gasteiger partial charge in [0, 0.05) is 6.54 Å². The third kappa shape index (κ3) is 4.17. The van der Waals surface area contributed by atoms with E-state index in [9.17, 15) is 10.1 Å². The molecule has 0 atom stereocenters. The summed E-state index contributed by atoms with van der Waals surface area (Å²) in [6, 6.07) is 4.05. The Bertz CT molecular complexity index is 409. The molecule has 1 rings (SSSR count). The van der Waals surface area contributed by atoms with Crippen molar-refractivity contribution in [1.29, 1.82) is 0 Å². The maximum Gasteiger partial charge on any atom is 0.296 e. The quantitative estimate of drug-likeness (QED) is 0.300. The van der Waals surface area contributed by atoms with Gasteiger partial charge in [0.05, 0.1) is 17.6 Å². The molecular formula is C10H14N2O6. The Morgan fingerprint density at radius 3 is 2.72 bits per heavy atom. The molecule has 8 heteroatoms. The number of ether oxygens (including phenoxy) is 1. The van der Waals surface area contributed by atoms with Crippen LogP contribution in [0.15, 0.2) is 18.2 Å². The highest BCUT2D eigenvalue weighted by Crippen LogP contribution is 2.28. The van der Waals surface area contributed by atoms with Crippen LogP contribution in [0.3, 0.4) is 0 Å². The molecule has 0 unspecified atom stereocenters. The summed E-state index contributed by atoms with van der Waals surface area (Å²) in [5.41, 5.74) is 0.0410. The van der Waals surface area contributed by atoms with E-state index in [0.717, 1.165) is 0 Å². The van der Waals surface area contributed by atoms with Crippen molar-refractivity contribution in [3.63, 3.8) is 0 Å². The van der Waals surface area contributed by atoms with E-state index in [1.807, 2.05) is 0 Å². The van der Waals surface area contributed by atoms with Crippen molar-refractivity contribution in [3.8, 4) is 5.75 Å². The molecule has 0 bridgehead atoms. The fraction of sp³-hybridized carbons (Fsp3) is 0.400. The van der Waals surface area contributed by atoms with Gasteiger partial charge >= 0.3 is 0 Å². The number of hydrogen-bond acceptors (Lipinski definition) is 7. The molecule has 0 aliphatic heterocycles. The van der Waals surface area contributed by atoms with Crippen LogP contribution in [0.25, 0.3) is 0 Å². The molecule has 0 aliphatic carbocycles. The molecule has 0 saturated heterocycles. The summed E-state index contributed by atoms with van der Waals surface area (Å²) in [5.74, 6) is 0.157. The molecule has 1 aromatic carbocycles. The number of nitrogens with one attached hydrogen (secondary N) is 1. The van der Waals surface area contributed by atoms with Crippen molar-refractivity contribution in [3.05, 3.63) is 28.3 Å². The van der Waals surface area contributed by atoms with Gasteiger partial charge in [-0.1, -0.05) is 0 Å². The molecule has 0 radical (unpaired) electrons. The molecule has 0 fully saturated rings. The van der Waals surface area contributed by atoms with Gasteiger partial charge in [0.1, 0.15) is 18.0 Å². The SMILES string of the molecule is O=[N+]([O-])c1cc(OCC(O)O)ccc1NCCO. The Morgan fingerprint density at radius 1 is 1.44 bits per heavy atom. The van der Waals surface area contributed by atoms with Gasteiger partial charge in [-0.2, -0.15) is 0 Å². The van der Waals surface area contributed by atoms with Gasteiger partial charge in [0.15, 0.2) is 6.29 Å². The fourth-order valence-corrected chi connectivity index (χ4v) is 1.26. The minimum Gasteiger partial charge on any atom is -0.488 e. The third-order valence-electron chi connectivity index (χ3n) is 1.99. The first kappa shape index (κ1) is 14.2. The van der Waals surface area contributed by atoms with Crippen LogP contribution in [0.1, 0.15) is 0 Å². The van der Waals surface area contributed by atoms with Crippen LogP contribution in [-0.2, 0) is 0 Å². The van der Waals surface area contributed by atoms with Crippen LogP contribution >= 0.6 is 0 Å².